The van der Waals surface area contributed by atoms with E-state index >= 15 is 0 Å². The van der Waals surface area contributed by atoms with Crippen LogP contribution in [-0.2, 0) is 14.3 Å². The monoisotopic (exact) mass is 247 g/mol. The summed E-state index contributed by atoms with van der Waals surface area (Å²) in [5.74, 6) is -0.933. The molecule has 1 saturated heterocycles. The highest BCUT2D eigenvalue weighted by atomic mass is 16.5. The van der Waals surface area contributed by atoms with Gasteiger partial charge in [0.15, 0.2) is 0 Å². The normalized spacial score (nSPS) is 20.5. The Morgan fingerprint density at radius 3 is 2.71 bits per heavy atom. The molecule has 0 aromatic rings. The molecule has 0 bridgehead atoms. The van der Waals surface area contributed by atoms with Crippen LogP contribution in [0.5, 0.6) is 0 Å². The maximum Gasteiger partial charge on any atom is 0.329 e. The molecule has 17 heavy (non-hydrogen) atoms. The Morgan fingerprint density at radius 1 is 1.59 bits per heavy atom. The molecular formula is C12H25NO4. The second-order valence-electron chi connectivity index (χ2n) is 4.22. The molecule has 1 rings (SSSR count). The maximum absolute atomic E-state index is 9.47. The largest absolute Gasteiger partial charge is 0.480 e. The number of hydrogen-bond acceptors (Lipinski definition) is 4. The van der Waals surface area contributed by atoms with Gasteiger partial charge in [-0.15, -0.1) is 0 Å². The topological polar surface area (TPSA) is 59.0 Å². The van der Waals surface area contributed by atoms with E-state index in [1.54, 1.807) is 0 Å². The van der Waals surface area contributed by atoms with Crippen molar-refractivity contribution in [2.45, 2.75) is 32.3 Å². The molecule has 0 amide bonds. The van der Waals surface area contributed by atoms with Gasteiger partial charge in [-0.2, -0.15) is 0 Å². The van der Waals surface area contributed by atoms with Gasteiger partial charge < -0.3 is 19.5 Å². The Balaban J connectivity index is 0.000000366. The van der Waals surface area contributed by atoms with Crippen molar-refractivity contribution in [3.63, 3.8) is 0 Å². The lowest BCUT2D eigenvalue weighted by molar-refractivity contribution is -0.141. The van der Waals surface area contributed by atoms with Crippen LogP contribution in [0.15, 0.2) is 0 Å². The lowest BCUT2D eigenvalue weighted by atomic mass is 10.1. The highest BCUT2D eigenvalue weighted by Crippen LogP contribution is 2.09. The smallest absolute Gasteiger partial charge is 0.329 e. The Labute approximate surface area is 104 Å². The molecule has 0 spiro atoms. The van der Waals surface area contributed by atoms with Gasteiger partial charge in [0.25, 0.3) is 0 Å². The second-order valence-corrected chi connectivity index (χ2v) is 4.22. The van der Waals surface area contributed by atoms with Gasteiger partial charge in [-0.1, -0.05) is 19.8 Å². The second kappa shape index (κ2) is 10.5. The molecule has 5 nitrogen and oxygen atoms in total. The fourth-order valence-electron chi connectivity index (χ4n) is 1.60. The molecule has 1 heterocycles. The van der Waals surface area contributed by atoms with Crippen molar-refractivity contribution in [2.24, 2.45) is 0 Å². The highest BCUT2D eigenvalue weighted by Gasteiger charge is 2.16. The fourth-order valence-corrected chi connectivity index (χ4v) is 1.60. The number of unbranched alkanes of at least 4 members (excludes halogenated alkanes) is 1. The first kappa shape index (κ1) is 16.4. The van der Waals surface area contributed by atoms with Gasteiger partial charge in [0.2, 0.25) is 0 Å². The summed E-state index contributed by atoms with van der Waals surface area (Å²) < 4.78 is 9.81. The zero-order valence-electron chi connectivity index (χ0n) is 11.1. The minimum atomic E-state index is -0.933. The predicted octanol–water partition coefficient (Wildman–Crippen LogP) is 1.22. The van der Waals surface area contributed by atoms with Gasteiger partial charge in [0.05, 0.1) is 12.7 Å². The molecule has 1 atom stereocenters. The van der Waals surface area contributed by atoms with Crippen molar-refractivity contribution < 1.29 is 19.4 Å². The number of likely N-dealkylation sites (N-methyl/N-ethyl adjacent to an activating group) is 1. The molecule has 1 N–H and O–H groups in total. The Hall–Kier alpha value is -0.650. The molecule has 0 aromatic heterocycles. The molecule has 0 aromatic carbocycles. The van der Waals surface area contributed by atoms with E-state index in [1.165, 1.54) is 26.4 Å². The van der Waals surface area contributed by atoms with E-state index in [9.17, 15) is 4.79 Å². The molecule has 0 aliphatic carbocycles. The third kappa shape index (κ3) is 10.2. The standard InChI is InChI=1S/C9H19NO.C3H6O3/c1-3-4-5-9-8-10(2)6-7-11-9;1-6-2-3(4)5/h9H,3-8H2,1-2H3;2H2,1H3,(H,4,5). The van der Waals surface area contributed by atoms with Crippen LogP contribution in [0.3, 0.4) is 0 Å². The number of carboxylic acid groups (broad SMARTS) is 1. The summed E-state index contributed by atoms with van der Waals surface area (Å²) in [6, 6.07) is 0. The fraction of sp³-hybridized carbons (Fsp3) is 0.917. The zero-order valence-corrected chi connectivity index (χ0v) is 11.1. The van der Waals surface area contributed by atoms with Crippen molar-refractivity contribution in [2.75, 3.05) is 40.5 Å². The summed E-state index contributed by atoms with van der Waals surface area (Å²) in [7, 11) is 3.51. The van der Waals surface area contributed by atoms with E-state index in [2.05, 4.69) is 23.6 Å². The summed E-state index contributed by atoms with van der Waals surface area (Å²) in [4.78, 5) is 11.8. The van der Waals surface area contributed by atoms with E-state index in [1.807, 2.05) is 0 Å². The van der Waals surface area contributed by atoms with Crippen LogP contribution in [0.4, 0.5) is 0 Å². The molecule has 102 valence electrons. The number of morpholine rings is 1. The lowest BCUT2D eigenvalue weighted by Crippen LogP contribution is -2.39. The average Bonchev–Trinajstić information content (AvgIpc) is 2.27. The Bertz CT molecular complexity index is 199. The molecule has 0 radical (unpaired) electrons. The van der Waals surface area contributed by atoms with Gasteiger partial charge in [0.1, 0.15) is 6.61 Å². The molecular weight excluding hydrogens is 222 g/mol. The number of methoxy groups -OCH3 is 1. The van der Waals surface area contributed by atoms with Crippen molar-refractivity contribution in [1.82, 2.24) is 4.90 Å². The highest BCUT2D eigenvalue weighted by molar-refractivity contribution is 5.67. The van der Waals surface area contributed by atoms with Gasteiger partial charge in [0, 0.05) is 20.2 Å². The van der Waals surface area contributed by atoms with Gasteiger partial charge >= 0.3 is 5.97 Å². The SMILES string of the molecule is CCCCC1CN(C)CCO1.COCC(=O)O. The van der Waals surface area contributed by atoms with E-state index in [0.717, 1.165) is 19.7 Å². The first-order chi connectivity index (χ1) is 8.10. The van der Waals surface area contributed by atoms with Gasteiger partial charge in [-0.25, -0.2) is 4.79 Å². The van der Waals surface area contributed by atoms with Crippen LogP contribution in [0.25, 0.3) is 0 Å². The number of hydrogen-bond donors (Lipinski definition) is 1. The van der Waals surface area contributed by atoms with Crippen molar-refractivity contribution in [3.05, 3.63) is 0 Å². The van der Waals surface area contributed by atoms with E-state index in [0.29, 0.717) is 6.10 Å². The van der Waals surface area contributed by atoms with E-state index < -0.39 is 5.97 Å². The number of nitrogens with zero attached hydrogens (tertiary/aromatic N) is 1. The summed E-state index contributed by atoms with van der Waals surface area (Å²) in [5, 5.41) is 7.79. The number of aliphatic carboxylic acids is 1. The summed E-state index contributed by atoms with van der Waals surface area (Å²) in [6.45, 7) is 5.17. The number of ether oxygens (including phenoxy) is 2. The zero-order chi connectivity index (χ0) is 13.1. The predicted molar refractivity (Wildman–Crippen MR) is 66.3 cm³/mol. The van der Waals surface area contributed by atoms with Crippen molar-refractivity contribution in [1.29, 1.82) is 0 Å². The van der Waals surface area contributed by atoms with Gasteiger partial charge in [-0.05, 0) is 13.5 Å². The first-order valence-corrected chi connectivity index (χ1v) is 6.11. The first-order valence-electron chi connectivity index (χ1n) is 6.11. The van der Waals surface area contributed by atoms with Crippen molar-refractivity contribution >= 4 is 5.97 Å². The average molecular weight is 247 g/mol. The summed E-state index contributed by atoms with van der Waals surface area (Å²) >= 11 is 0. The summed E-state index contributed by atoms with van der Waals surface area (Å²) in [6.07, 6.45) is 4.33. The quantitative estimate of drug-likeness (QED) is 0.791. The number of rotatable bonds is 5. The molecule has 1 fully saturated rings. The molecule has 1 unspecified atom stereocenters. The minimum absolute atomic E-state index is 0.208. The van der Waals surface area contributed by atoms with Gasteiger partial charge in [-0.3, -0.25) is 0 Å². The van der Waals surface area contributed by atoms with Crippen LogP contribution >= 0.6 is 0 Å². The lowest BCUT2D eigenvalue weighted by Gasteiger charge is -2.29. The van der Waals surface area contributed by atoms with Crippen LogP contribution in [0.1, 0.15) is 26.2 Å². The van der Waals surface area contributed by atoms with E-state index in [-0.39, 0.29) is 6.61 Å². The summed E-state index contributed by atoms with van der Waals surface area (Å²) in [5.41, 5.74) is 0. The van der Waals surface area contributed by atoms with Crippen molar-refractivity contribution in [3.8, 4) is 0 Å². The van der Waals surface area contributed by atoms with Crippen LogP contribution in [0.2, 0.25) is 0 Å². The third-order valence-corrected chi connectivity index (χ3v) is 2.49. The molecule has 5 heteroatoms. The Kier molecular flexibility index (Phi) is 10.1. The minimum Gasteiger partial charge on any atom is -0.480 e. The van der Waals surface area contributed by atoms with Crippen LogP contribution in [-0.4, -0.2) is 62.5 Å². The molecule has 1 aliphatic rings. The van der Waals surface area contributed by atoms with Crippen LogP contribution < -0.4 is 0 Å². The maximum atomic E-state index is 9.47. The number of carbonyl (C=O) groups is 1. The Morgan fingerprint density at radius 2 is 2.29 bits per heavy atom. The molecule has 0 saturated carbocycles. The third-order valence-electron chi connectivity index (χ3n) is 2.49. The molecule has 1 aliphatic heterocycles. The number of carboxylic acids is 1. The van der Waals surface area contributed by atoms with Crippen LogP contribution in [0, 0.1) is 0 Å². The van der Waals surface area contributed by atoms with E-state index in [4.69, 9.17) is 9.84 Å².